The van der Waals surface area contributed by atoms with E-state index in [0.29, 0.717) is 5.75 Å². The topological polar surface area (TPSA) is 56.5 Å². The van der Waals surface area contributed by atoms with E-state index in [9.17, 15) is 4.39 Å². The van der Waals surface area contributed by atoms with Crippen molar-refractivity contribution in [2.45, 2.75) is 24.8 Å². The lowest BCUT2D eigenvalue weighted by molar-refractivity contribution is 0.628. The molecule has 0 aliphatic carbocycles. The van der Waals surface area contributed by atoms with Gasteiger partial charge in [0.15, 0.2) is 0 Å². The van der Waals surface area contributed by atoms with Gasteiger partial charge < -0.3 is 0 Å². The number of nitrogens with zero attached hydrogens (tertiary/aromatic N) is 5. The molecule has 0 fully saturated rings. The summed E-state index contributed by atoms with van der Waals surface area (Å²) in [5.74, 6) is 0.410. The van der Waals surface area contributed by atoms with E-state index in [1.807, 2.05) is 11.4 Å². The maximum absolute atomic E-state index is 13.1. The Hall–Kier alpha value is -2.58. The molecule has 0 aliphatic rings. The van der Waals surface area contributed by atoms with E-state index >= 15 is 0 Å². The Morgan fingerprint density at radius 1 is 1.07 bits per heavy atom. The molecular formula is C19H16FN5S2. The third kappa shape index (κ3) is 3.91. The fraction of sp³-hybridized carbons (Fsp3) is 0.158. The predicted octanol–water partition coefficient (Wildman–Crippen LogP) is 4.83. The number of aromatic nitrogens is 5. The number of rotatable bonds is 5. The summed E-state index contributed by atoms with van der Waals surface area (Å²) in [6.07, 6.45) is 0. The lowest BCUT2D eigenvalue weighted by atomic mass is 10.1. The highest BCUT2D eigenvalue weighted by Crippen LogP contribution is 2.28. The minimum atomic E-state index is -0.246. The van der Waals surface area contributed by atoms with Crippen LogP contribution >= 0.6 is 23.1 Å². The maximum Gasteiger partial charge on any atom is 0.214 e. The van der Waals surface area contributed by atoms with E-state index in [1.54, 1.807) is 28.2 Å². The molecule has 0 aliphatic heterocycles. The fourth-order valence-electron chi connectivity index (χ4n) is 2.53. The van der Waals surface area contributed by atoms with Crippen LogP contribution in [-0.4, -0.2) is 25.2 Å². The first-order chi connectivity index (χ1) is 13.1. The molecule has 0 N–H and O–H groups in total. The first kappa shape index (κ1) is 17.8. The zero-order chi connectivity index (χ0) is 18.8. The third-order valence-corrected chi connectivity index (χ3v) is 6.06. The van der Waals surface area contributed by atoms with Crippen LogP contribution < -0.4 is 0 Å². The molecule has 8 heteroatoms. The first-order valence-corrected chi connectivity index (χ1v) is 10.2. The van der Waals surface area contributed by atoms with Crippen LogP contribution in [0.15, 0.2) is 53.0 Å². The van der Waals surface area contributed by atoms with Crippen molar-refractivity contribution in [3.05, 3.63) is 70.5 Å². The molecule has 0 radical (unpaired) electrons. The van der Waals surface area contributed by atoms with Gasteiger partial charge in [0.25, 0.3) is 0 Å². The highest BCUT2D eigenvalue weighted by atomic mass is 32.2. The standard InChI is InChI=1S/C19H16FN5S2/c1-12-3-8-17(9-13(12)2)25-19(22-23-24-25)27-11-16-10-26-18(21-16)14-4-6-15(20)7-5-14/h3-10H,11H2,1-2H3. The Labute approximate surface area is 164 Å². The number of thioether (sulfide) groups is 1. The van der Waals surface area contributed by atoms with E-state index in [-0.39, 0.29) is 5.82 Å². The van der Waals surface area contributed by atoms with Gasteiger partial charge >= 0.3 is 0 Å². The van der Waals surface area contributed by atoms with Crippen LogP contribution in [0.25, 0.3) is 16.3 Å². The van der Waals surface area contributed by atoms with Gasteiger partial charge in [-0.15, -0.1) is 16.4 Å². The zero-order valence-electron chi connectivity index (χ0n) is 14.8. The SMILES string of the molecule is Cc1ccc(-n2nnnc2SCc2csc(-c3ccc(F)cc3)n2)cc1C. The summed E-state index contributed by atoms with van der Waals surface area (Å²) in [6.45, 7) is 4.15. The van der Waals surface area contributed by atoms with Crippen molar-refractivity contribution in [2.75, 3.05) is 0 Å². The molecule has 2 heterocycles. The molecule has 0 saturated heterocycles. The van der Waals surface area contributed by atoms with Crippen molar-refractivity contribution in [3.8, 4) is 16.3 Å². The monoisotopic (exact) mass is 397 g/mol. The second-order valence-corrected chi connectivity index (χ2v) is 7.88. The maximum atomic E-state index is 13.1. The molecule has 0 saturated carbocycles. The quantitative estimate of drug-likeness (QED) is 0.451. The number of thiazole rings is 1. The van der Waals surface area contributed by atoms with E-state index in [4.69, 9.17) is 0 Å². The van der Waals surface area contributed by atoms with Crippen molar-refractivity contribution in [2.24, 2.45) is 0 Å². The molecule has 0 bridgehead atoms. The number of hydrogen-bond acceptors (Lipinski definition) is 6. The zero-order valence-corrected chi connectivity index (χ0v) is 16.4. The van der Waals surface area contributed by atoms with Gasteiger partial charge in [-0.1, -0.05) is 17.8 Å². The molecule has 27 heavy (non-hydrogen) atoms. The average molecular weight is 398 g/mol. The van der Waals surface area contributed by atoms with Crippen LogP contribution in [0.4, 0.5) is 4.39 Å². The molecule has 4 aromatic rings. The van der Waals surface area contributed by atoms with Gasteiger partial charge in [-0.05, 0) is 71.8 Å². The molecule has 0 spiro atoms. The Morgan fingerprint density at radius 2 is 1.89 bits per heavy atom. The van der Waals surface area contributed by atoms with Crippen molar-refractivity contribution >= 4 is 23.1 Å². The van der Waals surface area contributed by atoms with E-state index in [0.717, 1.165) is 27.1 Å². The van der Waals surface area contributed by atoms with Crippen molar-refractivity contribution in [3.63, 3.8) is 0 Å². The molecule has 0 atom stereocenters. The van der Waals surface area contributed by atoms with Crippen LogP contribution in [0, 0.1) is 19.7 Å². The third-order valence-electron chi connectivity index (χ3n) is 4.17. The van der Waals surface area contributed by atoms with Gasteiger partial charge in [-0.3, -0.25) is 0 Å². The van der Waals surface area contributed by atoms with Crippen LogP contribution in [-0.2, 0) is 5.75 Å². The van der Waals surface area contributed by atoms with Crippen LogP contribution in [0.2, 0.25) is 0 Å². The summed E-state index contributed by atoms with van der Waals surface area (Å²) < 4.78 is 14.8. The summed E-state index contributed by atoms with van der Waals surface area (Å²) in [7, 11) is 0. The van der Waals surface area contributed by atoms with E-state index in [2.05, 4.69) is 46.5 Å². The number of hydrogen-bond donors (Lipinski definition) is 0. The van der Waals surface area contributed by atoms with Gasteiger partial charge in [0.1, 0.15) is 10.8 Å². The molecular weight excluding hydrogens is 381 g/mol. The van der Waals surface area contributed by atoms with Gasteiger partial charge in [0, 0.05) is 16.7 Å². The average Bonchev–Trinajstić information content (AvgIpc) is 3.32. The molecule has 2 aromatic carbocycles. The van der Waals surface area contributed by atoms with Gasteiger partial charge in [-0.2, -0.15) is 4.68 Å². The van der Waals surface area contributed by atoms with Crippen molar-refractivity contribution < 1.29 is 4.39 Å². The molecule has 0 unspecified atom stereocenters. The predicted molar refractivity (Wildman–Crippen MR) is 106 cm³/mol. The lowest BCUT2D eigenvalue weighted by Crippen LogP contribution is -2.00. The Bertz CT molecular complexity index is 1070. The molecule has 2 aromatic heterocycles. The molecule has 4 rings (SSSR count). The van der Waals surface area contributed by atoms with Gasteiger partial charge in [-0.25, -0.2) is 9.37 Å². The summed E-state index contributed by atoms with van der Waals surface area (Å²) in [6, 6.07) is 12.5. The van der Waals surface area contributed by atoms with E-state index < -0.39 is 0 Å². The minimum Gasteiger partial charge on any atom is -0.240 e. The number of aryl methyl sites for hydroxylation is 2. The fourth-order valence-corrected chi connectivity index (χ4v) is 4.24. The molecule has 5 nitrogen and oxygen atoms in total. The smallest absolute Gasteiger partial charge is 0.214 e. The summed E-state index contributed by atoms with van der Waals surface area (Å²) in [5.41, 5.74) is 5.23. The van der Waals surface area contributed by atoms with Gasteiger partial charge in [0.05, 0.1) is 11.4 Å². The number of tetrazole rings is 1. The van der Waals surface area contributed by atoms with Crippen molar-refractivity contribution in [1.29, 1.82) is 0 Å². The highest BCUT2D eigenvalue weighted by Gasteiger charge is 2.12. The second kappa shape index (κ2) is 7.58. The minimum absolute atomic E-state index is 0.246. The van der Waals surface area contributed by atoms with Gasteiger partial charge in [0.2, 0.25) is 5.16 Å². The summed E-state index contributed by atoms with van der Waals surface area (Å²) in [4.78, 5) is 4.64. The Kier molecular flexibility index (Phi) is 5.00. The number of halogens is 1. The largest absolute Gasteiger partial charge is 0.240 e. The lowest BCUT2D eigenvalue weighted by Gasteiger charge is -2.06. The Balaban J connectivity index is 1.49. The van der Waals surface area contributed by atoms with E-state index in [1.165, 1.54) is 35.0 Å². The summed E-state index contributed by atoms with van der Waals surface area (Å²) >= 11 is 3.08. The normalized spacial score (nSPS) is 11.1. The van der Waals surface area contributed by atoms with Crippen LogP contribution in [0.1, 0.15) is 16.8 Å². The second-order valence-electron chi connectivity index (χ2n) is 6.08. The number of benzene rings is 2. The van der Waals surface area contributed by atoms with Crippen LogP contribution in [0.5, 0.6) is 0 Å². The Morgan fingerprint density at radius 3 is 2.67 bits per heavy atom. The molecule has 0 amide bonds. The van der Waals surface area contributed by atoms with Crippen molar-refractivity contribution in [1.82, 2.24) is 25.2 Å². The molecule has 136 valence electrons. The van der Waals surface area contributed by atoms with Crippen LogP contribution in [0.3, 0.4) is 0 Å². The first-order valence-electron chi connectivity index (χ1n) is 8.29. The summed E-state index contributed by atoms with van der Waals surface area (Å²) in [5, 5.41) is 15.7. The highest BCUT2D eigenvalue weighted by molar-refractivity contribution is 7.98.